The molecule has 3 N–H and O–H groups in total. The number of aromatic nitrogens is 2. The molecular formula is C26H29N3O2. The van der Waals surface area contributed by atoms with Gasteiger partial charge in [-0.05, 0) is 79.0 Å². The van der Waals surface area contributed by atoms with E-state index in [1.165, 1.54) is 6.42 Å². The Bertz CT molecular complexity index is 1110. The van der Waals surface area contributed by atoms with Crippen molar-refractivity contribution in [2.45, 2.75) is 56.6 Å². The van der Waals surface area contributed by atoms with Gasteiger partial charge in [0.15, 0.2) is 0 Å². The third kappa shape index (κ3) is 3.45. The van der Waals surface area contributed by atoms with Crippen molar-refractivity contribution in [1.82, 2.24) is 15.3 Å². The van der Waals surface area contributed by atoms with Crippen LogP contribution in [0.1, 0.15) is 62.1 Å². The highest BCUT2D eigenvalue weighted by molar-refractivity contribution is 5.79. The number of aliphatic hydroxyl groups is 1. The van der Waals surface area contributed by atoms with Crippen LogP contribution in [0.2, 0.25) is 0 Å². The largest absolute Gasteiger partial charge is 0.390 e. The number of hydrogen-bond donors (Lipinski definition) is 3. The van der Waals surface area contributed by atoms with Crippen LogP contribution in [0.4, 0.5) is 0 Å². The zero-order chi connectivity index (χ0) is 21.1. The van der Waals surface area contributed by atoms with Crippen molar-refractivity contribution in [3.8, 4) is 0 Å². The van der Waals surface area contributed by atoms with Gasteiger partial charge in [0, 0.05) is 6.42 Å². The number of aromatic amines is 1. The third-order valence-electron chi connectivity index (χ3n) is 7.90. The molecule has 160 valence electrons. The lowest BCUT2D eigenvalue weighted by molar-refractivity contribution is -0.169. The lowest BCUT2D eigenvalue weighted by Crippen LogP contribution is -2.56. The van der Waals surface area contributed by atoms with Crippen LogP contribution in [-0.2, 0) is 4.79 Å². The van der Waals surface area contributed by atoms with Gasteiger partial charge < -0.3 is 15.4 Å². The molecule has 4 aliphatic rings. The van der Waals surface area contributed by atoms with Crippen LogP contribution < -0.4 is 5.32 Å². The van der Waals surface area contributed by atoms with E-state index in [9.17, 15) is 9.90 Å². The summed E-state index contributed by atoms with van der Waals surface area (Å²) in [7, 11) is 0. The highest BCUT2D eigenvalue weighted by Crippen LogP contribution is 2.62. The van der Waals surface area contributed by atoms with E-state index in [0.29, 0.717) is 18.3 Å². The Labute approximate surface area is 182 Å². The summed E-state index contributed by atoms with van der Waals surface area (Å²) >= 11 is 0. The third-order valence-corrected chi connectivity index (χ3v) is 7.90. The number of H-pyrrole nitrogens is 1. The first-order chi connectivity index (χ1) is 15.0. The average Bonchev–Trinajstić information content (AvgIpc) is 3.18. The van der Waals surface area contributed by atoms with Crippen LogP contribution in [0.5, 0.6) is 0 Å². The number of carbonyl (C=O) groups is 1. The van der Waals surface area contributed by atoms with Gasteiger partial charge in [0.2, 0.25) is 5.91 Å². The minimum atomic E-state index is -0.533. The molecule has 4 bridgehead atoms. The maximum Gasteiger partial charge on any atom is 0.221 e. The molecule has 31 heavy (non-hydrogen) atoms. The molecule has 0 spiro atoms. The summed E-state index contributed by atoms with van der Waals surface area (Å²) < 4.78 is 0. The van der Waals surface area contributed by atoms with Crippen LogP contribution in [0.3, 0.4) is 0 Å². The molecule has 1 aromatic heterocycles. The number of imidazole rings is 1. The van der Waals surface area contributed by atoms with Gasteiger partial charge in [0.05, 0.1) is 29.0 Å². The molecule has 3 atom stereocenters. The molecule has 0 aliphatic heterocycles. The molecular weight excluding hydrogens is 386 g/mol. The molecule has 4 fully saturated rings. The van der Waals surface area contributed by atoms with E-state index in [1.807, 2.05) is 24.3 Å². The second-order valence-corrected chi connectivity index (χ2v) is 10.5. The van der Waals surface area contributed by atoms with Gasteiger partial charge in [-0.25, -0.2) is 4.98 Å². The Balaban J connectivity index is 1.27. The van der Waals surface area contributed by atoms with E-state index in [-0.39, 0.29) is 17.4 Å². The molecule has 0 saturated heterocycles. The van der Waals surface area contributed by atoms with Crippen LogP contribution in [0, 0.1) is 17.3 Å². The van der Waals surface area contributed by atoms with Crippen LogP contribution >= 0.6 is 0 Å². The van der Waals surface area contributed by atoms with Crippen LogP contribution in [0.15, 0.2) is 54.9 Å². The SMILES string of the molecule is O=C(CC12CC3CC(CC(O)(C3)C1)C2)NC(c1ccccc1)c1ccc2nc[nH]c2c1. The highest BCUT2D eigenvalue weighted by atomic mass is 16.3. The lowest BCUT2D eigenvalue weighted by Gasteiger charge is -2.60. The van der Waals surface area contributed by atoms with E-state index >= 15 is 0 Å². The van der Waals surface area contributed by atoms with Crippen molar-refractivity contribution in [2.75, 3.05) is 0 Å². The van der Waals surface area contributed by atoms with Crippen molar-refractivity contribution in [1.29, 1.82) is 0 Å². The Morgan fingerprint density at radius 1 is 1.10 bits per heavy atom. The molecule has 4 saturated carbocycles. The molecule has 1 heterocycles. The minimum absolute atomic E-state index is 0.0303. The predicted molar refractivity (Wildman–Crippen MR) is 119 cm³/mol. The first-order valence-corrected chi connectivity index (χ1v) is 11.5. The number of nitrogens with zero attached hydrogens (tertiary/aromatic N) is 1. The lowest BCUT2D eigenvalue weighted by atomic mass is 9.47. The van der Waals surface area contributed by atoms with Gasteiger partial charge in [0.1, 0.15) is 0 Å². The Morgan fingerprint density at radius 2 is 1.87 bits per heavy atom. The monoisotopic (exact) mass is 415 g/mol. The standard InChI is InChI=1S/C26H29N3O2/c30-23(14-25-10-17-8-18(11-25)13-26(31,12-17)15-25)29-24(19-4-2-1-3-5-19)20-6-7-21-22(9-20)28-16-27-21/h1-7,9,16-18,24,31H,8,10-15H2,(H,27,28)(H,29,30). The van der Waals surface area contributed by atoms with Gasteiger partial charge in [-0.3, -0.25) is 4.79 Å². The van der Waals surface area contributed by atoms with Crippen LogP contribution in [-0.4, -0.2) is 26.6 Å². The number of hydrogen-bond acceptors (Lipinski definition) is 3. The topological polar surface area (TPSA) is 78.0 Å². The quantitative estimate of drug-likeness (QED) is 0.575. The molecule has 2 aromatic carbocycles. The molecule has 3 aromatic rings. The summed E-state index contributed by atoms with van der Waals surface area (Å²) in [5, 5.41) is 14.4. The highest BCUT2D eigenvalue weighted by Gasteiger charge is 2.57. The summed E-state index contributed by atoms with van der Waals surface area (Å²) in [6, 6.07) is 16.1. The second-order valence-electron chi connectivity index (χ2n) is 10.5. The van der Waals surface area contributed by atoms with E-state index in [4.69, 9.17) is 0 Å². The molecule has 5 heteroatoms. The number of fused-ring (bicyclic) bond motifs is 1. The Morgan fingerprint density at radius 3 is 2.61 bits per heavy atom. The van der Waals surface area contributed by atoms with Crippen molar-refractivity contribution >= 4 is 16.9 Å². The van der Waals surface area contributed by atoms with Gasteiger partial charge in [-0.15, -0.1) is 0 Å². The molecule has 3 unspecified atom stereocenters. The number of nitrogens with one attached hydrogen (secondary N) is 2. The first-order valence-electron chi connectivity index (χ1n) is 11.5. The van der Waals surface area contributed by atoms with E-state index in [2.05, 4.69) is 39.6 Å². The van der Waals surface area contributed by atoms with E-state index < -0.39 is 5.60 Å². The maximum atomic E-state index is 13.4. The molecule has 1 amide bonds. The van der Waals surface area contributed by atoms with Crippen molar-refractivity contribution in [2.24, 2.45) is 17.3 Å². The Kier molecular flexibility index (Phi) is 4.26. The fourth-order valence-corrected chi connectivity index (χ4v) is 7.30. The fraction of sp³-hybridized carbons (Fsp3) is 0.462. The van der Waals surface area contributed by atoms with Gasteiger partial charge >= 0.3 is 0 Å². The molecule has 5 nitrogen and oxygen atoms in total. The number of rotatable bonds is 5. The van der Waals surface area contributed by atoms with E-state index in [1.54, 1.807) is 6.33 Å². The van der Waals surface area contributed by atoms with Crippen molar-refractivity contribution in [3.63, 3.8) is 0 Å². The van der Waals surface area contributed by atoms with Gasteiger partial charge in [-0.1, -0.05) is 36.4 Å². The zero-order valence-electron chi connectivity index (χ0n) is 17.7. The van der Waals surface area contributed by atoms with Gasteiger partial charge in [0.25, 0.3) is 0 Å². The van der Waals surface area contributed by atoms with Crippen molar-refractivity contribution in [3.05, 3.63) is 66.0 Å². The van der Waals surface area contributed by atoms with Crippen molar-refractivity contribution < 1.29 is 9.90 Å². The summed E-state index contributed by atoms with van der Waals surface area (Å²) in [6.45, 7) is 0. The fourth-order valence-electron chi connectivity index (χ4n) is 7.30. The predicted octanol–water partition coefficient (Wildman–Crippen LogP) is 4.49. The number of carbonyl (C=O) groups excluding carboxylic acids is 1. The average molecular weight is 416 g/mol. The normalized spacial score (nSPS) is 32.3. The maximum absolute atomic E-state index is 13.4. The summed E-state index contributed by atoms with van der Waals surface area (Å²) in [4.78, 5) is 20.9. The number of amides is 1. The molecule has 7 rings (SSSR count). The van der Waals surface area contributed by atoms with E-state index in [0.717, 1.165) is 54.3 Å². The van der Waals surface area contributed by atoms with Crippen LogP contribution in [0.25, 0.3) is 11.0 Å². The Hall–Kier alpha value is -2.66. The first kappa shape index (κ1) is 19.1. The van der Waals surface area contributed by atoms with Gasteiger partial charge in [-0.2, -0.15) is 0 Å². The summed E-state index contributed by atoms with van der Waals surface area (Å²) in [6.07, 6.45) is 8.29. The summed E-state index contributed by atoms with van der Waals surface area (Å²) in [5.41, 5.74) is 3.44. The zero-order valence-corrected chi connectivity index (χ0v) is 17.7. The summed E-state index contributed by atoms with van der Waals surface area (Å²) in [5.74, 6) is 1.27. The smallest absolute Gasteiger partial charge is 0.221 e. The minimum Gasteiger partial charge on any atom is -0.390 e. The molecule has 0 radical (unpaired) electrons. The number of benzene rings is 2. The molecule has 4 aliphatic carbocycles. The second kappa shape index (κ2) is 6.92.